The smallest absolute Gasteiger partial charge is 0.234 e. The van der Waals surface area contributed by atoms with Gasteiger partial charge in [-0.05, 0) is 38.4 Å². The fraction of sp³-hybridized carbons (Fsp3) is 0.500. The largest absolute Gasteiger partial charge is 0.368 e. The average molecular weight is 311 g/mol. The Morgan fingerprint density at radius 3 is 2.90 bits per heavy atom. The van der Waals surface area contributed by atoms with Crippen molar-refractivity contribution in [3.05, 3.63) is 23.4 Å². The number of anilines is 1. The molecule has 1 fully saturated rings. The molecule has 0 aromatic carbocycles. The molecule has 0 radical (unpaired) electrons. The molecule has 0 bridgehead atoms. The van der Waals surface area contributed by atoms with Crippen LogP contribution in [0, 0.1) is 5.92 Å². The second-order valence-corrected chi connectivity index (χ2v) is 5.70. The summed E-state index contributed by atoms with van der Waals surface area (Å²) in [5.41, 5.74) is 5.32. The molecule has 3 N–H and O–H groups in total. The van der Waals surface area contributed by atoms with Crippen molar-refractivity contribution in [2.75, 3.05) is 18.4 Å². The number of nitrogens with one attached hydrogen (secondary N) is 1. The zero-order chi connectivity index (χ0) is 15.4. The highest BCUT2D eigenvalue weighted by Crippen LogP contribution is 2.20. The number of amides is 2. The van der Waals surface area contributed by atoms with Crippen LogP contribution in [0.1, 0.15) is 19.8 Å². The van der Waals surface area contributed by atoms with Crippen molar-refractivity contribution in [2.45, 2.75) is 25.8 Å². The second-order valence-electron chi connectivity index (χ2n) is 5.26. The molecule has 21 heavy (non-hydrogen) atoms. The molecule has 114 valence electrons. The lowest BCUT2D eigenvalue weighted by Gasteiger charge is -2.34. The maximum atomic E-state index is 12.3. The Labute approximate surface area is 128 Å². The summed E-state index contributed by atoms with van der Waals surface area (Å²) in [5.74, 6) is -0.149. The molecule has 7 heteroatoms. The Balaban J connectivity index is 1.95. The number of hydrogen-bond donors (Lipinski definition) is 2. The molecule has 0 spiro atoms. The standard InChI is InChI=1S/C14H19ClN4O2/c1-9(13(16)20)19-6-2-3-10(8-19)14(21)18-12-5-4-11(15)7-17-12/h4-5,7,9-10H,2-3,6,8H2,1H3,(H2,16,20)(H,17,18,21)/t9-,10-/m1/s1. The van der Waals surface area contributed by atoms with E-state index in [1.54, 1.807) is 19.1 Å². The zero-order valence-corrected chi connectivity index (χ0v) is 12.6. The molecular formula is C14H19ClN4O2. The van der Waals surface area contributed by atoms with Gasteiger partial charge in [-0.25, -0.2) is 4.98 Å². The monoisotopic (exact) mass is 310 g/mol. The minimum Gasteiger partial charge on any atom is -0.368 e. The van der Waals surface area contributed by atoms with Crippen LogP contribution in [0.2, 0.25) is 5.02 Å². The summed E-state index contributed by atoms with van der Waals surface area (Å²) in [6.07, 6.45) is 3.14. The molecule has 1 aromatic rings. The molecule has 2 atom stereocenters. The molecule has 2 amide bonds. The van der Waals surface area contributed by atoms with Crippen molar-refractivity contribution in [3.63, 3.8) is 0 Å². The molecule has 2 heterocycles. The molecular weight excluding hydrogens is 292 g/mol. The van der Waals surface area contributed by atoms with Crippen molar-refractivity contribution in [1.82, 2.24) is 9.88 Å². The van der Waals surface area contributed by atoms with Crippen LogP contribution in [0.3, 0.4) is 0 Å². The minimum atomic E-state index is -0.365. The number of likely N-dealkylation sites (tertiary alicyclic amines) is 1. The normalized spacial score (nSPS) is 20.8. The summed E-state index contributed by atoms with van der Waals surface area (Å²) >= 11 is 5.75. The van der Waals surface area contributed by atoms with Gasteiger partial charge in [-0.3, -0.25) is 14.5 Å². The Hall–Kier alpha value is -1.66. The first kappa shape index (κ1) is 15.7. The van der Waals surface area contributed by atoms with E-state index in [9.17, 15) is 9.59 Å². The molecule has 6 nitrogen and oxygen atoms in total. The summed E-state index contributed by atoms with van der Waals surface area (Å²) in [5, 5.41) is 3.30. The first-order chi connectivity index (χ1) is 9.97. The van der Waals surface area contributed by atoms with Gasteiger partial charge in [0, 0.05) is 12.7 Å². The lowest BCUT2D eigenvalue weighted by molar-refractivity contribution is -0.127. The minimum absolute atomic E-state index is 0.0915. The number of carbonyl (C=O) groups excluding carboxylic acids is 2. The summed E-state index contributed by atoms with van der Waals surface area (Å²) in [6, 6.07) is 2.98. The van der Waals surface area contributed by atoms with Gasteiger partial charge >= 0.3 is 0 Å². The quantitative estimate of drug-likeness (QED) is 0.876. The SMILES string of the molecule is C[C@H](C(N)=O)N1CCC[C@@H](C(=O)Nc2ccc(Cl)cn2)C1. The van der Waals surface area contributed by atoms with E-state index < -0.39 is 0 Å². The summed E-state index contributed by atoms with van der Waals surface area (Å²) in [6.45, 7) is 3.08. The molecule has 1 aromatic heterocycles. The lowest BCUT2D eigenvalue weighted by Crippen LogP contribution is -2.49. The van der Waals surface area contributed by atoms with Crippen molar-refractivity contribution < 1.29 is 9.59 Å². The number of piperidine rings is 1. The first-order valence-corrected chi connectivity index (χ1v) is 7.31. The molecule has 0 saturated carbocycles. The number of primary amides is 1. The fourth-order valence-electron chi connectivity index (χ4n) is 2.43. The third-order valence-electron chi connectivity index (χ3n) is 3.76. The van der Waals surface area contributed by atoms with Crippen LogP contribution in [0.4, 0.5) is 5.82 Å². The van der Waals surface area contributed by atoms with Crippen LogP contribution in [0.25, 0.3) is 0 Å². The van der Waals surface area contributed by atoms with Crippen LogP contribution in [-0.4, -0.2) is 40.8 Å². The number of aromatic nitrogens is 1. The van der Waals surface area contributed by atoms with Crippen LogP contribution in [-0.2, 0) is 9.59 Å². The fourth-order valence-corrected chi connectivity index (χ4v) is 2.54. The van der Waals surface area contributed by atoms with Gasteiger partial charge < -0.3 is 11.1 Å². The third-order valence-corrected chi connectivity index (χ3v) is 3.99. The van der Waals surface area contributed by atoms with Gasteiger partial charge in [0.25, 0.3) is 0 Å². The number of halogens is 1. The summed E-state index contributed by atoms with van der Waals surface area (Å²) < 4.78 is 0. The van der Waals surface area contributed by atoms with Crippen molar-refractivity contribution in [3.8, 4) is 0 Å². The summed E-state index contributed by atoms with van der Waals surface area (Å²) in [7, 11) is 0. The van der Waals surface area contributed by atoms with E-state index in [4.69, 9.17) is 17.3 Å². The lowest BCUT2D eigenvalue weighted by atomic mass is 9.96. The van der Waals surface area contributed by atoms with Crippen LogP contribution < -0.4 is 11.1 Å². The van der Waals surface area contributed by atoms with E-state index in [0.717, 1.165) is 19.4 Å². The topological polar surface area (TPSA) is 88.3 Å². The van der Waals surface area contributed by atoms with Gasteiger partial charge in [0.05, 0.1) is 17.0 Å². The number of rotatable bonds is 4. The first-order valence-electron chi connectivity index (χ1n) is 6.93. The number of carbonyl (C=O) groups is 2. The Morgan fingerprint density at radius 2 is 2.29 bits per heavy atom. The van der Waals surface area contributed by atoms with Crippen molar-refractivity contribution in [2.24, 2.45) is 11.7 Å². The second kappa shape index (κ2) is 6.87. The molecule has 0 unspecified atom stereocenters. The summed E-state index contributed by atoms with van der Waals surface area (Å²) in [4.78, 5) is 29.5. The molecule has 2 rings (SSSR count). The zero-order valence-electron chi connectivity index (χ0n) is 11.9. The van der Waals surface area contributed by atoms with E-state index in [0.29, 0.717) is 17.4 Å². The highest BCUT2D eigenvalue weighted by Gasteiger charge is 2.30. The maximum Gasteiger partial charge on any atom is 0.234 e. The molecule has 1 saturated heterocycles. The van der Waals surface area contributed by atoms with Crippen molar-refractivity contribution >= 4 is 29.2 Å². The predicted octanol–water partition coefficient (Wildman–Crippen LogP) is 1.26. The number of nitrogens with two attached hydrogens (primary N) is 1. The van der Waals surface area contributed by atoms with Gasteiger partial charge in [-0.1, -0.05) is 11.6 Å². The van der Waals surface area contributed by atoms with Gasteiger partial charge in [0.15, 0.2) is 0 Å². The van der Waals surface area contributed by atoms with E-state index >= 15 is 0 Å². The van der Waals surface area contributed by atoms with Crippen LogP contribution in [0.15, 0.2) is 18.3 Å². The van der Waals surface area contributed by atoms with E-state index in [2.05, 4.69) is 10.3 Å². The van der Waals surface area contributed by atoms with Gasteiger partial charge in [-0.2, -0.15) is 0 Å². The predicted molar refractivity (Wildman–Crippen MR) is 80.8 cm³/mol. The highest BCUT2D eigenvalue weighted by atomic mass is 35.5. The van der Waals surface area contributed by atoms with Crippen LogP contribution >= 0.6 is 11.6 Å². The van der Waals surface area contributed by atoms with Crippen LogP contribution in [0.5, 0.6) is 0 Å². The van der Waals surface area contributed by atoms with Gasteiger partial charge in [0.1, 0.15) is 5.82 Å². The Morgan fingerprint density at radius 1 is 1.52 bits per heavy atom. The van der Waals surface area contributed by atoms with E-state index in [-0.39, 0.29) is 23.8 Å². The maximum absolute atomic E-state index is 12.3. The molecule has 1 aliphatic rings. The van der Waals surface area contributed by atoms with Gasteiger partial charge in [-0.15, -0.1) is 0 Å². The number of nitrogens with zero attached hydrogens (tertiary/aromatic N) is 2. The average Bonchev–Trinajstić information content (AvgIpc) is 2.48. The highest BCUT2D eigenvalue weighted by molar-refractivity contribution is 6.30. The number of pyridine rings is 1. The van der Waals surface area contributed by atoms with E-state index in [1.807, 2.05) is 4.90 Å². The van der Waals surface area contributed by atoms with E-state index in [1.165, 1.54) is 6.20 Å². The number of hydrogen-bond acceptors (Lipinski definition) is 4. The Bertz CT molecular complexity index is 520. The molecule has 0 aliphatic carbocycles. The molecule has 1 aliphatic heterocycles. The Kier molecular flexibility index (Phi) is 5.14. The van der Waals surface area contributed by atoms with Gasteiger partial charge in [0.2, 0.25) is 11.8 Å². The third kappa shape index (κ3) is 4.15. The van der Waals surface area contributed by atoms with Crippen molar-refractivity contribution in [1.29, 1.82) is 0 Å².